The SMILES string of the molecule is OB(O)c1cc(Br)nc(C2CCCNC2)c1. The Morgan fingerprint density at radius 3 is 2.88 bits per heavy atom. The number of nitrogens with zero attached hydrogens (tertiary/aromatic N) is 1. The van der Waals surface area contributed by atoms with Crippen molar-refractivity contribution in [2.24, 2.45) is 0 Å². The highest BCUT2D eigenvalue weighted by Crippen LogP contribution is 2.22. The lowest BCUT2D eigenvalue weighted by molar-refractivity contribution is 0.425. The molecule has 0 spiro atoms. The Morgan fingerprint density at radius 1 is 1.44 bits per heavy atom. The van der Waals surface area contributed by atoms with Gasteiger partial charge in [0.2, 0.25) is 0 Å². The van der Waals surface area contributed by atoms with Crippen LogP contribution in [0.2, 0.25) is 0 Å². The number of aromatic nitrogens is 1. The van der Waals surface area contributed by atoms with Crippen molar-refractivity contribution < 1.29 is 10.0 Å². The van der Waals surface area contributed by atoms with E-state index in [1.165, 1.54) is 0 Å². The molecule has 16 heavy (non-hydrogen) atoms. The summed E-state index contributed by atoms with van der Waals surface area (Å²) in [5.41, 5.74) is 1.41. The summed E-state index contributed by atoms with van der Waals surface area (Å²) in [6, 6.07) is 3.40. The molecular formula is C10H14BBrN2O2. The molecule has 1 aromatic rings. The van der Waals surface area contributed by atoms with E-state index in [9.17, 15) is 0 Å². The number of pyridine rings is 1. The van der Waals surface area contributed by atoms with Crippen molar-refractivity contribution in [3.05, 3.63) is 22.4 Å². The van der Waals surface area contributed by atoms with Crippen LogP contribution in [0.5, 0.6) is 0 Å². The van der Waals surface area contributed by atoms with Gasteiger partial charge in [-0.1, -0.05) is 0 Å². The van der Waals surface area contributed by atoms with Gasteiger partial charge in [-0.15, -0.1) is 0 Å². The van der Waals surface area contributed by atoms with Crippen molar-refractivity contribution in [3.8, 4) is 0 Å². The maximum atomic E-state index is 9.16. The molecule has 0 aromatic carbocycles. The van der Waals surface area contributed by atoms with Crippen molar-refractivity contribution in [2.45, 2.75) is 18.8 Å². The predicted octanol–water partition coefficient (Wildman–Crippen LogP) is -0.00910. The fourth-order valence-electron chi connectivity index (χ4n) is 2.00. The van der Waals surface area contributed by atoms with Crippen LogP contribution in [0.15, 0.2) is 16.7 Å². The average Bonchev–Trinajstić information content (AvgIpc) is 2.29. The van der Waals surface area contributed by atoms with Gasteiger partial charge in [-0.05, 0) is 52.9 Å². The highest BCUT2D eigenvalue weighted by molar-refractivity contribution is 9.10. The van der Waals surface area contributed by atoms with Crippen molar-refractivity contribution in [3.63, 3.8) is 0 Å². The van der Waals surface area contributed by atoms with Gasteiger partial charge in [-0.3, -0.25) is 0 Å². The van der Waals surface area contributed by atoms with Crippen LogP contribution in [0.4, 0.5) is 0 Å². The zero-order valence-electron chi connectivity index (χ0n) is 8.86. The summed E-state index contributed by atoms with van der Waals surface area (Å²) in [6.07, 6.45) is 2.23. The third kappa shape index (κ3) is 2.82. The smallest absolute Gasteiger partial charge is 0.423 e. The van der Waals surface area contributed by atoms with Crippen LogP contribution >= 0.6 is 15.9 Å². The van der Waals surface area contributed by atoms with Gasteiger partial charge in [0.15, 0.2) is 0 Å². The van der Waals surface area contributed by atoms with Crippen LogP contribution in [0, 0.1) is 0 Å². The lowest BCUT2D eigenvalue weighted by atomic mass is 9.79. The first-order valence-corrected chi connectivity index (χ1v) is 6.20. The largest absolute Gasteiger partial charge is 0.488 e. The van der Waals surface area contributed by atoms with Crippen LogP contribution in [0.25, 0.3) is 0 Å². The maximum Gasteiger partial charge on any atom is 0.488 e. The Hall–Kier alpha value is -0.425. The average molecular weight is 285 g/mol. The van der Waals surface area contributed by atoms with E-state index in [1.54, 1.807) is 12.1 Å². The standard InChI is InChI=1S/C10H14BBrN2O2/c12-10-5-8(11(15)16)4-9(14-10)7-2-1-3-13-6-7/h4-5,7,13,15-16H,1-3,6H2. The molecule has 0 radical (unpaired) electrons. The van der Waals surface area contributed by atoms with E-state index >= 15 is 0 Å². The van der Waals surface area contributed by atoms with Gasteiger partial charge in [0.1, 0.15) is 4.60 Å². The van der Waals surface area contributed by atoms with Gasteiger partial charge in [0, 0.05) is 18.2 Å². The summed E-state index contributed by atoms with van der Waals surface area (Å²) >= 11 is 3.29. The van der Waals surface area contributed by atoms with Crippen LogP contribution in [-0.2, 0) is 0 Å². The zero-order chi connectivity index (χ0) is 11.5. The summed E-state index contributed by atoms with van der Waals surface area (Å²) in [6.45, 7) is 1.96. The molecule has 1 aromatic heterocycles. The monoisotopic (exact) mass is 284 g/mol. The lowest BCUT2D eigenvalue weighted by Crippen LogP contribution is -2.33. The van der Waals surface area contributed by atoms with Crippen molar-refractivity contribution in [2.75, 3.05) is 13.1 Å². The first kappa shape index (κ1) is 12.0. The molecule has 0 saturated carbocycles. The molecule has 4 nitrogen and oxygen atoms in total. The van der Waals surface area contributed by atoms with E-state index in [2.05, 4.69) is 26.2 Å². The topological polar surface area (TPSA) is 65.4 Å². The molecule has 1 aliphatic heterocycles. The molecule has 2 rings (SSSR count). The molecule has 6 heteroatoms. The summed E-state index contributed by atoms with van der Waals surface area (Å²) < 4.78 is 0.652. The fourth-order valence-corrected chi connectivity index (χ4v) is 2.47. The minimum absolute atomic E-state index is 0.365. The van der Waals surface area contributed by atoms with Crippen molar-refractivity contribution >= 4 is 28.5 Å². The summed E-state index contributed by atoms with van der Waals surface area (Å²) in [5.74, 6) is 0.365. The predicted molar refractivity (Wildman–Crippen MR) is 66.6 cm³/mol. The molecule has 1 unspecified atom stereocenters. The molecule has 0 aliphatic carbocycles. The molecular weight excluding hydrogens is 271 g/mol. The molecule has 1 saturated heterocycles. The summed E-state index contributed by atoms with van der Waals surface area (Å²) in [7, 11) is -1.44. The second-order valence-corrected chi connectivity index (χ2v) is 4.88. The molecule has 0 amide bonds. The molecule has 3 N–H and O–H groups in total. The van der Waals surface area contributed by atoms with Gasteiger partial charge in [-0.2, -0.15) is 0 Å². The Labute approximate surface area is 103 Å². The van der Waals surface area contributed by atoms with Crippen molar-refractivity contribution in [1.29, 1.82) is 0 Å². The maximum absolute atomic E-state index is 9.16. The van der Waals surface area contributed by atoms with Gasteiger partial charge in [-0.25, -0.2) is 4.98 Å². The Kier molecular flexibility index (Phi) is 3.97. The van der Waals surface area contributed by atoms with Crippen molar-refractivity contribution in [1.82, 2.24) is 10.3 Å². The minimum atomic E-state index is -1.44. The van der Waals surface area contributed by atoms with E-state index in [0.29, 0.717) is 16.0 Å². The van der Waals surface area contributed by atoms with E-state index in [-0.39, 0.29) is 0 Å². The number of hydrogen-bond acceptors (Lipinski definition) is 4. The van der Waals surface area contributed by atoms with Crippen LogP contribution in [0.3, 0.4) is 0 Å². The van der Waals surface area contributed by atoms with E-state index in [0.717, 1.165) is 31.6 Å². The highest BCUT2D eigenvalue weighted by atomic mass is 79.9. The van der Waals surface area contributed by atoms with Gasteiger partial charge in [0.05, 0.1) is 0 Å². The van der Waals surface area contributed by atoms with Crippen LogP contribution in [-0.4, -0.2) is 35.2 Å². The molecule has 0 bridgehead atoms. The number of halogens is 1. The fraction of sp³-hybridized carbons (Fsp3) is 0.500. The quantitative estimate of drug-likeness (QED) is 0.528. The van der Waals surface area contributed by atoms with Gasteiger partial charge < -0.3 is 15.4 Å². The second kappa shape index (κ2) is 5.27. The number of rotatable bonds is 2. The van der Waals surface area contributed by atoms with Gasteiger partial charge >= 0.3 is 7.12 Å². The van der Waals surface area contributed by atoms with Crippen LogP contribution in [0.1, 0.15) is 24.5 Å². The number of piperidine rings is 1. The molecule has 86 valence electrons. The number of hydrogen-bond donors (Lipinski definition) is 3. The van der Waals surface area contributed by atoms with E-state index in [4.69, 9.17) is 10.0 Å². The summed E-state index contributed by atoms with van der Waals surface area (Å²) in [4.78, 5) is 4.39. The third-order valence-corrected chi connectivity index (χ3v) is 3.26. The molecule has 1 aliphatic rings. The van der Waals surface area contributed by atoms with Crippen LogP contribution < -0.4 is 10.8 Å². The Balaban J connectivity index is 2.25. The first-order valence-electron chi connectivity index (χ1n) is 5.41. The van der Waals surface area contributed by atoms with E-state index < -0.39 is 7.12 Å². The summed E-state index contributed by atoms with van der Waals surface area (Å²) in [5, 5.41) is 21.6. The Bertz CT molecular complexity index is 370. The van der Waals surface area contributed by atoms with E-state index in [1.807, 2.05) is 0 Å². The minimum Gasteiger partial charge on any atom is -0.423 e. The Morgan fingerprint density at radius 2 is 2.25 bits per heavy atom. The molecule has 2 heterocycles. The first-order chi connectivity index (χ1) is 7.66. The zero-order valence-corrected chi connectivity index (χ0v) is 10.4. The van der Waals surface area contributed by atoms with Gasteiger partial charge in [0.25, 0.3) is 0 Å². The third-order valence-electron chi connectivity index (χ3n) is 2.85. The normalized spacial score (nSPS) is 20.8. The molecule has 1 atom stereocenters. The highest BCUT2D eigenvalue weighted by Gasteiger charge is 2.20. The lowest BCUT2D eigenvalue weighted by Gasteiger charge is -2.22. The second-order valence-electron chi connectivity index (χ2n) is 4.07. The molecule has 1 fully saturated rings. The number of nitrogens with one attached hydrogen (secondary N) is 1.